The largest absolute Gasteiger partial charge is 0.495 e. The summed E-state index contributed by atoms with van der Waals surface area (Å²) in [5.41, 5.74) is 1.05. The molecule has 0 bridgehead atoms. The molecule has 23 heavy (non-hydrogen) atoms. The Morgan fingerprint density at radius 2 is 2.22 bits per heavy atom. The first kappa shape index (κ1) is 16.1. The molecule has 2 heterocycles. The van der Waals surface area contributed by atoms with Gasteiger partial charge in [-0.1, -0.05) is 0 Å². The van der Waals surface area contributed by atoms with Crippen LogP contribution in [0.1, 0.15) is 19.3 Å². The number of anilines is 2. The van der Waals surface area contributed by atoms with Crippen molar-refractivity contribution in [2.75, 3.05) is 35.6 Å². The van der Waals surface area contributed by atoms with Gasteiger partial charge in [0, 0.05) is 12.2 Å². The Bertz CT molecular complexity index is 699. The van der Waals surface area contributed by atoms with Crippen molar-refractivity contribution in [2.24, 2.45) is 0 Å². The lowest BCUT2D eigenvalue weighted by molar-refractivity contribution is -0.117. The highest BCUT2D eigenvalue weighted by molar-refractivity contribution is 7.93. The molecule has 126 valence electrons. The van der Waals surface area contributed by atoms with Gasteiger partial charge in [-0.15, -0.1) is 0 Å². The Labute approximate surface area is 136 Å². The first-order valence-electron chi connectivity index (χ1n) is 7.74. The summed E-state index contributed by atoms with van der Waals surface area (Å²) in [6.45, 7) is 1.28. The number of methoxy groups -OCH3 is 1. The first-order chi connectivity index (χ1) is 11.0. The molecule has 0 spiro atoms. The smallest absolute Gasteiger partial charge is 0.241 e. The third-order valence-electron chi connectivity index (χ3n) is 4.19. The van der Waals surface area contributed by atoms with Gasteiger partial charge in [-0.2, -0.15) is 0 Å². The Morgan fingerprint density at radius 1 is 1.39 bits per heavy atom. The minimum absolute atomic E-state index is 0.0945. The van der Waals surface area contributed by atoms with E-state index in [0.717, 1.165) is 19.4 Å². The van der Waals surface area contributed by atoms with Crippen LogP contribution in [0, 0.1) is 0 Å². The predicted octanol–water partition coefficient (Wildman–Crippen LogP) is 0.926. The average molecular weight is 339 g/mol. The van der Waals surface area contributed by atoms with Gasteiger partial charge in [-0.3, -0.25) is 9.10 Å². The summed E-state index contributed by atoms with van der Waals surface area (Å²) in [7, 11) is -1.80. The average Bonchev–Trinajstić information content (AvgIpc) is 3.16. The number of hydrogen-bond acceptors (Lipinski definition) is 5. The molecule has 2 aliphatic heterocycles. The van der Waals surface area contributed by atoms with Gasteiger partial charge in [-0.25, -0.2) is 8.42 Å². The Morgan fingerprint density at radius 3 is 2.83 bits per heavy atom. The number of benzene rings is 1. The predicted molar refractivity (Wildman–Crippen MR) is 88.4 cm³/mol. The highest BCUT2D eigenvalue weighted by Crippen LogP contribution is 2.35. The summed E-state index contributed by atoms with van der Waals surface area (Å²) in [6.07, 6.45) is 2.39. The van der Waals surface area contributed by atoms with Gasteiger partial charge in [0.1, 0.15) is 5.75 Å². The number of amides is 1. The zero-order valence-electron chi connectivity index (χ0n) is 13.0. The van der Waals surface area contributed by atoms with E-state index in [9.17, 15) is 13.2 Å². The van der Waals surface area contributed by atoms with Crippen molar-refractivity contribution in [3.8, 4) is 5.75 Å². The fourth-order valence-corrected chi connectivity index (χ4v) is 4.57. The first-order valence-corrected chi connectivity index (χ1v) is 9.35. The standard InChI is InChI=1S/C15H21N3O4S/c1-22-14-6-5-11(17-15(19)12-4-2-7-16-12)10-13(14)18-8-3-9-23(18,20)21/h5-6,10,12,16H,2-4,7-9H2,1H3,(H,17,19)/t12-/m0/s1. The van der Waals surface area contributed by atoms with Crippen molar-refractivity contribution < 1.29 is 17.9 Å². The number of nitrogens with zero attached hydrogens (tertiary/aromatic N) is 1. The number of hydrogen-bond donors (Lipinski definition) is 2. The van der Waals surface area contributed by atoms with Crippen LogP contribution in [0.5, 0.6) is 5.75 Å². The lowest BCUT2D eigenvalue weighted by Crippen LogP contribution is -2.35. The molecule has 8 heteroatoms. The maximum absolute atomic E-state index is 12.2. The number of carbonyl (C=O) groups excluding carboxylic acids is 1. The molecule has 2 saturated heterocycles. The summed E-state index contributed by atoms with van der Waals surface area (Å²) in [4.78, 5) is 12.2. The van der Waals surface area contributed by atoms with Crippen molar-refractivity contribution in [3.63, 3.8) is 0 Å². The van der Waals surface area contributed by atoms with E-state index in [-0.39, 0.29) is 17.7 Å². The topological polar surface area (TPSA) is 87.7 Å². The van der Waals surface area contributed by atoms with Crippen LogP contribution in [0.25, 0.3) is 0 Å². The molecule has 0 radical (unpaired) electrons. The molecule has 1 aromatic rings. The van der Waals surface area contributed by atoms with Gasteiger partial charge < -0.3 is 15.4 Å². The van der Waals surface area contributed by atoms with E-state index in [1.54, 1.807) is 18.2 Å². The summed E-state index contributed by atoms with van der Waals surface area (Å²) >= 11 is 0. The zero-order valence-corrected chi connectivity index (χ0v) is 13.9. The normalized spacial score (nSPS) is 23.0. The van der Waals surface area contributed by atoms with Gasteiger partial charge in [0.15, 0.2) is 0 Å². The lowest BCUT2D eigenvalue weighted by atomic mass is 10.2. The number of nitrogens with one attached hydrogen (secondary N) is 2. The van der Waals surface area contributed by atoms with E-state index in [0.29, 0.717) is 30.1 Å². The fraction of sp³-hybridized carbons (Fsp3) is 0.533. The van der Waals surface area contributed by atoms with Crippen molar-refractivity contribution in [2.45, 2.75) is 25.3 Å². The molecule has 1 amide bonds. The molecule has 7 nitrogen and oxygen atoms in total. The minimum atomic E-state index is -3.31. The van der Waals surface area contributed by atoms with E-state index in [1.165, 1.54) is 11.4 Å². The molecule has 0 aromatic heterocycles. The molecule has 1 atom stereocenters. The molecule has 3 rings (SSSR count). The minimum Gasteiger partial charge on any atom is -0.495 e. The second kappa shape index (κ2) is 6.37. The molecule has 2 N–H and O–H groups in total. The lowest BCUT2D eigenvalue weighted by Gasteiger charge is -2.21. The molecular formula is C15H21N3O4S. The molecule has 0 saturated carbocycles. The number of sulfonamides is 1. The Kier molecular flexibility index (Phi) is 4.45. The second-order valence-corrected chi connectivity index (χ2v) is 7.78. The van der Waals surface area contributed by atoms with Crippen molar-refractivity contribution in [3.05, 3.63) is 18.2 Å². The van der Waals surface area contributed by atoms with Gasteiger partial charge in [0.2, 0.25) is 15.9 Å². The third kappa shape index (κ3) is 3.28. The maximum Gasteiger partial charge on any atom is 0.241 e. The van der Waals surface area contributed by atoms with Crippen molar-refractivity contribution in [1.29, 1.82) is 0 Å². The second-order valence-electron chi connectivity index (χ2n) is 5.77. The highest BCUT2D eigenvalue weighted by atomic mass is 32.2. The van der Waals surface area contributed by atoms with Crippen LogP contribution in [0.3, 0.4) is 0 Å². The maximum atomic E-state index is 12.2. The van der Waals surface area contributed by atoms with E-state index >= 15 is 0 Å². The SMILES string of the molecule is COc1ccc(NC(=O)[C@@H]2CCCN2)cc1N1CCCS1(=O)=O. The van der Waals surface area contributed by atoms with Crippen LogP contribution in [-0.4, -0.2) is 46.3 Å². The number of carbonyl (C=O) groups is 1. The zero-order chi connectivity index (χ0) is 16.4. The Balaban J connectivity index is 1.85. The van der Waals surface area contributed by atoms with E-state index < -0.39 is 10.0 Å². The van der Waals surface area contributed by atoms with Gasteiger partial charge in [-0.05, 0) is 44.0 Å². The quantitative estimate of drug-likeness (QED) is 0.852. The van der Waals surface area contributed by atoms with Crippen LogP contribution >= 0.6 is 0 Å². The summed E-state index contributed by atoms with van der Waals surface area (Å²) in [5.74, 6) is 0.522. The van der Waals surface area contributed by atoms with E-state index in [2.05, 4.69) is 10.6 Å². The van der Waals surface area contributed by atoms with Crippen LogP contribution < -0.4 is 19.7 Å². The molecule has 0 aliphatic carbocycles. The number of ether oxygens (including phenoxy) is 1. The van der Waals surface area contributed by atoms with Gasteiger partial charge >= 0.3 is 0 Å². The molecular weight excluding hydrogens is 318 g/mol. The van der Waals surface area contributed by atoms with E-state index in [1.807, 2.05) is 0 Å². The van der Waals surface area contributed by atoms with Crippen molar-refractivity contribution in [1.82, 2.24) is 5.32 Å². The summed E-state index contributed by atoms with van der Waals surface area (Å²) in [5, 5.41) is 5.99. The summed E-state index contributed by atoms with van der Waals surface area (Å²) < 4.78 is 30.9. The highest BCUT2D eigenvalue weighted by Gasteiger charge is 2.31. The van der Waals surface area contributed by atoms with Gasteiger partial charge in [0.25, 0.3) is 0 Å². The summed E-state index contributed by atoms with van der Waals surface area (Å²) in [6, 6.07) is 4.88. The molecule has 1 aromatic carbocycles. The van der Waals surface area contributed by atoms with Crippen LogP contribution in [0.2, 0.25) is 0 Å². The van der Waals surface area contributed by atoms with Crippen LogP contribution in [0.4, 0.5) is 11.4 Å². The number of rotatable bonds is 4. The molecule has 0 unspecified atom stereocenters. The van der Waals surface area contributed by atoms with Gasteiger partial charge in [0.05, 0.1) is 24.6 Å². The molecule has 2 fully saturated rings. The van der Waals surface area contributed by atoms with Crippen LogP contribution in [-0.2, 0) is 14.8 Å². The fourth-order valence-electron chi connectivity index (χ4n) is 3.01. The van der Waals surface area contributed by atoms with E-state index in [4.69, 9.17) is 4.74 Å². The third-order valence-corrected chi connectivity index (χ3v) is 6.05. The van der Waals surface area contributed by atoms with Crippen LogP contribution in [0.15, 0.2) is 18.2 Å². The van der Waals surface area contributed by atoms with Crippen molar-refractivity contribution >= 4 is 27.3 Å². The monoisotopic (exact) mass is 339 g/mol. The Hall–Kier alpha value is -1.80. The molecule has 2 aliphatic rings.